The van der Waals surface area contributed by atoms with Gasteiger partial charge >= 0.3 is 0 Å². The molecule has 0 bridgehead atoms. The van der Waals surface area contributed by atoms with Crippen LogP contribution in [0.4, 0.5) is 0 Å². The third-order valence-electron chi connectivity index (χ3n) is 4.35. The van der Waals surface area contributed by atoms with Gasteiger partial charge in [-0.3, -0.25) is 0 Å². The average molecular weight is 352 g/mol. The summed E-state index contributed by atoms with van der Waals surface area (Å²) in [6.07, 6.45) is 0.829. The SMILES string of the molecule is CCOP1Cc2cccc3c(OCc4ccccc4)ccc(c23)CO1. The van der Waals surface area contributed by atoms with Crippen molar-refractivity contribution >= 4 is 19.1 Å². The molecule has 0 N–H and O–H groups in total. The van der Waals surface area contributed by atoms with E-state index in [2.05, 4.69) is 42.5 Å². The Kier molecular flexibility index (Phi) is 4.98. The van der Waals surface area contributed by atoms with Gasteiger partial charge in [-0.05, 0) is 35.1 Å². The van der Waals surface area contributed by atoms with E-state index in [4.69, 9.17) is 13.8 Å². The van der Waals surface area contributed by atoms with Crippen molar-refractivity contribution in [3.05, 3.63) is 77.4 Å². The van der Waals surface area contributed by atoms with Crippen molar-refractivity contribution in [3.63, 3.8) is 0 Å². The number of rotatable bonds is 5. The highest BCUT2D eigenvalue weighted by molar-refractivity contribution is 7.46. The lowest BCUT2D eigenvalue weighted by Crippen LogP contribution is -1.97. The summed E-state index contributed by atoms with van der Waals surface area (Å²) in [4.78, 5) is 0. The first-order valence-corrected chi connectivity index (χ1v) is 9.95. The molecule has 128 valence electrons. The molecule has 0 spiro atoms. The Hall–Kier alpha value is -1.93. The molecule has 3 nitrogen and oxygen atoms in total. The number of hydrogen-bond acceptors (Lipinski definition) is 3. The molecule has 0 aromatic heterocycles. The Balaban J connectivity index is 1.68. The predicted molar refractivity (Wildman–Crippen MR) is 102 cm³/mol. The third kappa shape index (κ3) is 3.55. The van der Waals surface area contributed by atoms with Gasteiger partial charge in [0.1, 0.15) is 12.4 Å². The first-order chi connectivity index (χ1) is 12.3. The van der Waals surface area contributed by atoms with Crippen LogP contribution in [0.2, 0.25) is 0 Å². The molecule has 0 aliphatic carbocycles. The quantitative estimate of drug-likeness (QED) is 0.543. The minimum Gasteiger partial charge on any atom is -0.488 e. The molecule has 0 saturated heterocycles. The zero-order chi connectivity index (χ0) is 17.1. The van der Waals surface area contributed by atoms with Crippen LogP contribution in [0.1, 0.15) is 23.6 Å². The number of hydrogen-bond donors (Lipinski definition) is 0. The van der Waals surface area contributed by atoms with E-state index in [-0.39, 0.29) is 0 Å². The molecule has 1 aliphatic heterocycles. The second-order valence-corrected chi connectivity index (χ2v) is 7.52. The average Bonchev–Trinajstić information content (AvgIpc) is 2.83. The molecule has 3 aromatic rings. The van der Waals surface area contributed by atoms with Gasteiger partial charge in [0, 0.05) is 11.5 Å². The van der Waals surface area contributed by atoms with Crippen molar-refractivity contribution in [2.24, 2.45) is 0 Å². The van der Waals surface area contributed by atoms with E-state index in [1.807, 2.05) is 25.1 Å². The van der Waals surface area contributed by atoms with E-state index < -0.39 is 8.38 Å². The maximum absolute atomic E-state index is 6.13. The van der Waals surface area contributed by atoms with Gasteiger partial charge in [0.25, 0.3) is 0 Å². The normalized spacial score (nSPS) is 16.6. The predicted octanol–water partition coefficient (Wildman–Crippen LogP) is 5.80. The fourth-order valence-electron chi connectivity index (χ4n) is 3.20. The summed E-state index contributed by atoms with van der Waals surface area (Å²) >= 11 is 0. The van der Waals surface area contributed by atoms with Crippen molar-refractivity contribution in [1.29, 1.82) is 0 Å². The van der Waals surface area contributed by atoms with Crippen LogP contribution < -0.4 is 4.74 Å². The van der Waals surface area contributed by atoms with Gasteiger partial charge in [-0.2, -0.15) is 0 Å². The Labute approximate surface area is 149 Å². The smallest absolute Gasteiger partial charge is 0.175 e. The summed E-state index contributed by atoms with van der Waals surface area (Å²) < 4.78 is 17.9. The Morgan fingerprint density at radius 3 is 2.68 bits per heavy atom. The molecule has 1 unspecified atom stereocenters. The molecule has 4 rings (SSSR count). The van der Waals surface area contributed by atoms with Gasteiger partial charge in [0.15, 0.2) is 8.38 Å². The van der Waals surface area contributed by atoms with Crippen molar-refractivity contribution in [3.8, 4) is 5.75 Å². The van der Waals surface area contributed by atoms with Crippen LogP contribution in [0, 0.1) is 0 Å². The van der Waals surface area contributed by atoms with Gasteiger partial charge in [-0.25, -0.2) is 0 Å². The van der Waals surface area contributed by atoms with Gasteiger partial charge in [-0.15, -0.1) is 0 Å². The summed E-state index contributed by atoms with van der Waals surface area (Å²) in [5.74, 6) is 0.923. The summed E-state index contributed by atoms with van der Waals surface area (Å²) in [5, 5.41) is 2.42. The standard InChI is InChI=1S/C21H21O3P/c1-2-23-25-15-18-9-6-10-19-20(12-11-17(14-24-25)21(18)19)22-13-16-7-4-3-5-8-16/h3-12H,2,13-15H2,1H3. The lowest BCUT2D eigenvalue weighted by atomic mass is 9.99. The molecule has 0 radical (unpaired) electrons. The van der Waals surface area contributed by atoms with Gasteiger partial charge in [0.2, 0.25) is 0 Å². The second kappa shape index (κ2) is 7.53. The first kappa shape index (κ1) is 16.5. The molecule has 0 saturated carbocycles. The van der Waals surface area contributed by atoms with E-state index in [0.29, 0.717) is 19.8 Å². The van der Waals surface area contributed by atoms with Crippen LogP contribution in [-0.2, 0) is 28.4 Å². The number of benzene rings is 3. The van der Waals surface area contributed by atoms with Crippen LogP contribution in [0.25, 0.3) is 10.8 Å². The first-order valence-electron chi connectivity index (χ1n) is 8.58. The van der Waals surface area contributed by atoms with Gasteiger partial charge in [0.05, 0.1) is 13.2 Å². The summed E-state index contributed by atoms with van der Waals surface area (Å²) in [5.41, 5.74) is 3.67. The van der Waals surface area contributed by atoms with Crippen molar-refractivity contribution < 1.29 is 13.8 Å². The maximum Gasteiger partial charge on any atom is 0.175 e. The van der Waals surface area contributed by atoms with E-state index in [1.54, 1.807) is 0 Å². The van der Waals surface area contributed by atoms with E-state index >= 15 is 0 Å². The van der Waals surface area contributed by atoms with E-state index in [9.17, 15) is 0 Å². The molecule has 1 heterocycles. The Bertz CT molecular complexity index is 864. The van der Waals surface area contributed by atoms with Crippen LogP contribution >= 0.6 is 8.38 Å². The Morgan fingerprint density at radius 1 is 0.960 bits per heavy atom. The Morgan fingerprint density at radius 2 is 1.84 bits per heavy atom. The highest BCUT2D eigenvalue weighted by Crippen LogP contribution is 2.48. The van der Waals surface area contributed by atoms with Gasteiger partial charge < -0.3 is 13.8 Å². The molecule has 0 fully saturated rings. The summed E-state index contributed by atoms with van der Waals surface area (Å²) in [6, 6.07) is 20.8. The third-order valence-corrected chi connectivity index (χ3v) is 5.91. The zero-order valence-corrected chi connectivity index (χ0v) is 15.2. The highest BCUT2D eigenvalue weighted by Gasteiger charge is 2.21. The minimum absolute atomic E-state index is 0.571. The molecule has 4 heteroatoms. The van der Waals surface area contributed by atoms with Crippen LogP contribution in [0.3, 0.4) is 0 Å². The van der Waals surface area contributed by atoms with E-state index in [0.717, 1.165) is 17.3 Å². The fourth-order valence-corrected chi connectivity index (χ4v) is 4.57. The van der Waals surface area contributed by atoms with Gasteiger partial charge in [-0.1, -0.05) is 54.6 Å². The second-order valence-electron chi connectivity index (χ2n) is 6.02. The molecule has 1 aliphatic rings. The molecule has 3 aromatic carbocycles. The summed E-state index contributed by atoms with van der Waals surface area (Å²) in [7, 11) is -0.865. The monoisotopic (exact) mass is 352 g/mol. The van der Waals surface area contributed by atoms with E-state index in [1.165, 1.54) is 22.1 Å². The van der Waals surface area contributed by atoms with Crippen molar-refractivity contribution in [2.45, 2.75) is 26.3 Å². The van der Waals surface area contributed by atoms with Crippen LogP contribution in [0.15, 0.2) is 60.7 Å². The molecule has 25 heavy (non-hydrogen) atoms. The largest absolute Gasteiger partial charge is 0.488 e. The van der Waals surface area contributed by atoms with Crippen LogP contribution in [0.5, 0.6) is 5.75 Å². The summed E-state index contributed by atoms with van der Waals surface area (Å²) in [6.45, 7) is 3.86. The minimum atomic E-state index is -0.865. The lowest BCUT2D eigenvalue weighted by molar-refractivity contribution is 0.252. The molecular formula is C21H21O3P. The van der Waals surface area contributed by atoms with Crippen molar-refractivity contribution in [2.75, 3.05) is 6.61 Å². The highest BCUT2D eigenvalue weighted by atomic mass is 31.2. The number of ether oxygens (including phenoxy) is 1. The molecular weight excluding hydrogens is 331 g/mol. The lowest BCUT2D eigenvalue weighted by Gasteiger charge is -2.14. The van der Waals surface area contributed by atoms with Crippen LogP contribution in [-0.4, -0.2) is 6.61 Å². The van der Waals surface area contributed by atoms with Crippen molar-refractivity contribution in [1.82, 2.24) is 0 Å². The zero-order valence-electron chi connectivity index (χ0n) is 14.3. The topological polar surface area (TPSA) is 27.7 Å². The maximum atomic E-state index is 6.13. The molecule has 0 amide bonds. The fraction of sp³-hybridized carbons (Fsp3) is 0.238. The molecule has 1 atom stereocenters.